The molecule has 0 fully saturated rings. The van der Waals surface area contributed by atoms with Crippen LogP contribution in [-0.4, -0.2) is 0 Å². The lowest BCUT2D eigenvalue weighted by Gasteiger charge is -2.42. The molecule has 3 aliphatic carbocycles. The van der Waals surface area contributed by atoms with E-state index in [2.05, 4.69) is 111 Å². The fourth-order valence-corrected chi connectivity index (χ4v) is 8.15. The van der Waals surface area contributed by atoms with Gasteiger partial charge in [0.15, 0.2) is 0 Å². The Kier molecular flexibility index (Phi) is 4.90. The molecule has 0 aliphatic heterocycles. The number of hydrogen-bond acceptors (Lipinski definition) is 0. The van der Waals surface area contributed by atoms with Crippen molar-refractivity contribution in [2.24, 2.45) is 0 Å². The molecule has 0 aromatic heterocycles. The number of fused-ring (bicyclic) bond motifs is 10. The minimum absolute atomic E-state index is 0.0614. The highest BCUT2D eigenvalue weighted by Gasteiger charge is 2.50. The number of rotatable bonds is 0. The van der Waals surface area contributed by atoms with Crippen molar-refractivity contribution in [1.29, 1.82) is 0 Å². The topological polar surface area (TPSA) is 0 Å². The highest BCUT2D eigenvalue weighted by molar-refractivity contribution is 5.86. The number of hydrogen-bond donors (Lipinski definition) is 0. The molecule has 0 heterocycles. The van der Waals surface area contributed by atoms with Gasteiger partial charge in [-0.2, -0.15) is 0 Å². The molecule has 0 nitrogen and oxygen atoms in total. The van der Waals surface area contributed by atoms with Crippen molar-refractivity contribution in [1.82, 2.24) is 0 Å². The van der Waals surface area contributed by atoms with Gasteiger partial charge in [0.2, 0.25) is 0 Å². The Bertz CT molecular complexity index is 1310. The van der Waals surface area contributed by atoms with E-state index in [4.69, 9.17) is 0 Å². The molecule has 0 saturated heterocycles. The molecular formula is C36H34. The maximum Gasteiger partial charge on any atom is 0.0423 e. The summed E-state index contributed by atoms with van der Waals surface area (Å²) in [6.45, 7) is 4.95. The van der Waals surface area contributed by atoms with E-state index in [1.54, 1.807) is 11.1 Å². The maximum atomic E-state index is 2.47. The van der Waals surface area contributed by atoms with Crippen LogP contribution in [0.3, 0.4) is 0 Å². The van der Waals surface area contributed by atoms with E-state index in [1.807, 2.05) is 0 Å². The van der Waals surface area contributed by atoms with E-state index in [-0.39, 0.29) is 10.8 Å². The summed E-state index contributed by atoms with van der Waals surface area (Å²) in [5, 5.41) is 0. The third-order valence-electron chi connectivity index (χ3n) is 9.82. The number of allylic oxidation sites excluding steroid dienone is 2. The van der Waals surface area contributed by atoms with Crippen LogP contribution in [0.2, 0.25) is 0 Å². The zero-order chi connectivity index (χ0) is 24.3. The fraction of sp³-hybridized carbons (Fsp3) is 0.278. The van der Waals surface area contributed by atoms with Gasteiger partial charge in [0.25, 0.3) is 0 Å². The molecule has 3 aliphatic rings. The molecule has 0 amide bonds. The van der Waals surface area contributed by atoms with E-state index < -0.39 is 0 Å². The van der Waals surface area contributed by atoms with Gasteiger partial charge in [-0.1, -0.05) is 134 Å². The molecule has 2 spiro atoms. The van der Waals surface area contributed by atoms with Gasteiger partial charge in [-0.05, 0) is 71.2 Å². The summed E-state index contributed by atoms with van der Waals surface area (Å²) in [5.41, 5.74) is 14.8. The lowest BCUT2D eigenvalue weighted by Crippen LogP contribution is -2.34. The van der Waals surface area contributed by atoms with Gasteiger partial charge in [0.1, 0.15) is 0 Å². The fourth-order valence-electron chi connectivity index (χ4n) is 8.15. The van der Waals surface area contributed by atoms with E-state index in [0.717, 1.165) is 0 Å². The SMILES string of the molecule is CC1=C(C)C2(CCCCCCC13c1ccccc1-c1ccccc13)c1ccccc1-c1ccccc12. The van der Waals surface area contributed by atoms with Crippen LogP contribution in [0, 0.1) is 0 Å². The van der Waals surface area contributed by atoms with Crippen molar-refractivity contribution < 1.29 is 0 Å². The summed E-state index contributed by atoms with van der Waals surface area (Å²) < 4.78 is 0. The van der Waals surface area contributed by atoms with E-state index in [1.165, 1.54) is 83.0 Å². The standard InChI is InChI=1S/C36H34/c1-25-26(2)36(33-21-11-7-17-29(33)30-18-8-12-22-34(30)36)24-14-4-3-13-23-35(25)31-19-9-5-15-27(31)28-16-6-10-20-32(28)35/h5-12,15-22H,3-4,13-14,23-24H2,1-2H3. The molecular weight excluding hydrogens is 432 g/mol. The van der Waals surface area contributed by atoms with Crippen molar-refractivity contribution in [2.75, 3.05) is 0 Å². The third kappa shape index (κ3) is 2.71. The van der Waals surface area contributed by atoms with Crippen molar-refractivity contribution in [3.05, 3.63) is 130 Å². The molecule has 0 N–H and O–H groups in total. The second-order valence-corrected chi connectivity index (χ2v) is 11.2. The van der Waals surface area contributed by atoms with Crippen molar-refractivity contribution in [2.45, 2.75) is 63.2 Å². The lowest BCUT2D eigenvalue weighted by atomic mass is 9.61. The second-order valence-electron chi connectivity index (χ2n) is 11.2. The predicted molar refractivity (Wildman–Crippen MR) is 151 cm³/mol. The first-order valence-electron chi connectivity index (χ1n) is 13.8. The van der Waals surface area contributed by atoms with E-state index >= 15 is 0 Å². The summed E-state index contributed by atoms with van der Waals surface area (Å²) in [7, 11) is 0. The Balaban J connectivity index is 1.59. The van der Waals surface area contributed by atoms with Crippen LogP contribution in [0.15, 0.2) is 108 Å². The van der Waals surface area contributed by atoms with Gasteiger partial charge in [-0.25, -0.2) is 0 Å². The van der Waals surface area contributed by atoms with Crippen LogP contribution in [0.1, 0.15) is 74.6 Å². The van der Waals surface area contributed by atoms with Gasteiger partial charge in [0.05, 0.1) is 0 Å². The van der Waals surface area contributed by atoms with Crippen LogP contribution in [-0.2, 0) is 10.8 Å². The Morgan fingerprint density at radius 1 is 0.389 bits per heavy atom. The molecule has 0 bridgehead atoms. The Morgan fingerprint density at radius 2 is 0.667 bits per heavy atom. The van der Waals surface area contributed by atoms with Gasteiger partial charge >= 0.3 is 0 Å². The highest BCUT2D eigenvalue weighted by atomic mass is 14.5. The van der Waals surface area contributed by atoms with Crippen molar-refractivity contribution >= 4 is 0 Å². The zero-order valence-electron chi connectivity index (χ0n) is 21.5. The molecule has 36 heavy (non-hydrogen) atoms. The first-order chi connectivity index (χ1) is 17.7. The predicted octanol–water partition coefficient (Wildman–Crippen LogP) is 9.61. The summed E-state index contributed by atoms with van der Waals surface area (Å²) >= 11 is 0. The van der Waals surface area contributed by atoms with Crippen LogP contribution < -0.4 is 0 Å². The minimum Gasteiger partial charge on any atom is -0.0619 e. The summed E-state index contributed by atoms with van der Waals surface area (Å²) in [5.74, 6) is 0. The first-order valence-corrected chi connectivity index (χ1v) is 13.8. The molecule has 0 atom stereocenters. The quantitative estimate of drug-likeness (QED) is 0.226. The molecule has 0 unspecified atom stereocenters. The first kappa shape index (κ1) is 21.9. The Labute approximate surface area is 215 Å². The summed E-state index contributed by atoms with van der Waals surface area (Å²) in [6.07, 6.45) is 7.52. The molecule has 178 valence electrons. The van der Waals surface area contributed by atoms with Crippen molar-refractivity contribution in [3.8, 4) is 22.3 Å². The maximum absolute atomic E-state index is 2.47. The molecule has 4 aromatic carbocycles. The van der Waals surface area contributed by atoms with Gasteiger partial charge in [-0.3, -0.25) is 0 Å². The van der Waals surface area contributed by atoms with E-state index in [0.29, 0.717) is 0 Å². The van der Waals surface area contributed by atoms with Crippen LogP contribution >= 0.6 is 0 Å². The number of benzene rings is 4. The van der Waals surface area contributed by atoms with Gasteiger partial charge in [-0.15, -0.1) is 0 Å². The van der Waals surface area contributed by atoms with Crippen LogP contribution in [0.5, 0.6) is 0 Å². The minimum atomic E-state index is -0.0614. The highest BCUT2D eigenvalue weighted by Crippen LogP contribution is 2.61. The molecule has 0 saturated carbocycles. The normalized spacial score (nSPS) is 19.1. The largest absolute Gasteiger partial charge is 0.0619 e. The Morgan fingerprint density at radius 3 is 0.972 bits per heavy atom. The van der Waals surface area contributed by atoms with Gasteiger partial charge in [0, 0.05) is 10.8 Å². The molecule has 0 heteroatoms. The summed E-state index contributed by atoms with van der Waals surface area (Å²) in [6, 6.07) is 36.9. The third-order valence-corrected chi connectivity index (χ3v) is 9.82. The van der Waals surface area contributed by atoms with Gasteiger partial charge < -0.3 is 0 Å². The Hall–Kier alpha value is -3.38. The second kappa shape index (κ2) is 8.07. The monoisotopic (exact) mass is 466 g/mol. The molecule has 7 rings (SSSR count). The molecule has 4 aromatic rings. The average molecular weight is 467 g/mol. The van der Waals surface area contributed by atoms with Crippen LogP contribution in [0.4, 0.5) is 0 Å². The average Bonchev–Trinajstić information content (AvgIpc) is 3.39. The van der Waals surface area contributed by atoms with Crippen LogP contribution in [0.25, 0.3) is 22.3 Å². The van der Waals surface area contributed by atoms with Crippen molar-refractivity contribution in [3.63, 3.8) is 0 Å². The summed E-state index contributed by atoms with van der Waals surface area (Å²) in [4.78, 5) is 0. The van der Waals surface area contributed by atoms with E-state index in [9.17, 15) is 0 Å². The lowest BCUT2D eigenvalue weighted by molar-refractivity contribution is 0.441. The zero-order valence-corrected chi connectivity index (χ0v) is 21.5. The smallest absolute Gasteiger partial charge is 0.0423 e. The molecule has 0 radical (unpaired) electrons.